The van der Waals surface area contributed by atoms with Crippen LogP contribution in [-0.2, 0) is 7.05 Å². The zero-order chi connectivity index (χ0) is 11.8. The average Bonchev–Trinajstić information content (AvgIpc) is 2.91. The maximum atomic E-state index is 9.33. The highest BCUT2D eigenvalue weighted by atomic mass is 15.1. The lowest BCUT2D eigenvalue weighted by Crippen LogP contribution is -1.87. The molecule has 3 heteroatoms. The van der Waals surface area contributed by atoms with E-state index in [9.17, 15) is 5.26 Å². The number of hydrogen-bond acceptors (Lipinski definition) is 1. The van der Waals surface area contributed by atoms with Crippen LogP contribution in [0.4, 0.5) is 0 Å². The molecule has 0 radical (unpaired) electrons. The molecule has 0 aliphatic rings. The van der Waals surface area contributed by atoms with Crippen LogP contribution in [0.5, 0.6) is 0 Å². The van der Waals surface area contributed by atoms with Gasteiger partial charge in [-0.05, 0) is 5.56 Å². The predicted octanol–water partition coefficient (Wildman–Crippen LogP) is 2.82. The van der Waals surface area contributed by atoms with E-state index in [0.29, 0.717) is 0 Å². The van der Waals surface area contributed by atoms with Crippen LogP contribution in [0.15, 0.2) is 48.9 Å². The molecule has 0 fully saturated rings. The van der Waals surface area contributed by atoms with Gasteiger partial charge in [0.15, 0.2) is 0 Å². The SMILES string of the molecule is Cn1ccn2cc(-c3ccccc3)c(C#N)c12. The van der Waals surface area contributed by atoms with Crippen molar-refractivity contribution in [3.8, 4) is 17.2 Å². The van der Waals surface area contributed by atoms with Crippen molar-refractivity contribution in [3.63, 3.8) is 0 Å². The Morgan fingerprint density at radius 3 is 2.59 bits per heavy atom. The third kappa shape index (κ3) is 1.35. The standard InChI is InChI=1S/C14H11N3/c1-16-7-8-17-10-13(12(9-15)14(16)17)11-5-3-2-4-6-11/h2-8,10H,1H3. The first-order valence-corrected chi connectivity index (χ1v) is 5.43. The molecule has 82 valence electrons. The van der Waals surface area contributed by atoms with Crippen molar-refractivity contribution >= 4 is 5.65 Å². The number of imidazole rings is 1. The van der Waals surface area contributed by atoms with Gasteiger partial charge in [0.2, 0.25) is 0 Å². The molecule has 0 N–H and O–H groups in total. The molecule has 0 bridgehead atoms. The number of nitrogens with zero attached hydrogens (tertiary/aromatic N) is 3. The summed E-state index contributed by atoms with van der Waals surface area (Å²) >= 11 is 0. The molecule has 1 aromatic carbocycles. The van der Waals surface area contributed by atoms with Crippen LogP contribution in [0.2, 0.25) is 0 Å². The van der Waals surface area contributed by atoms with E-state index in [1.54, 1.807) is 0 Å². The average molecular weight is 221 g/mol. The van der Waals surface area contributed by atoms with Crippen LogP contribution in [-0.4, -0.2) is 8.97 Å². The molecule has 0 unspecified atom stereocenters. The molecule has 3 rings (SSSR count). The molecule has 0 aliphatic heterocycles. The topological polar surface area (TPSA) is 33.1 Å². The van der Waals surface area contributed by atoms with Gasteiger partial charge in [-0.1, -0.05) is 30.3 Å². The van der Waals surface area contributed by atoms with E-state index in [1.165, 1.54) is 0 Å². The van der Waals surface area contributed by atoms with Gasteiger partial charge >= 0.3 is 0 Å². The van der Waals surface area contributed by atoms with Crippen molar-refractivity contribution in [3.05, 3.63) is 54.5 Å². The minimum Gasteiger partial charge on any atom is -0.335 e. The number of benzene rings is 1. The fraction of sp³-hybridized carbons (Fsp3) is 0.0714. The molecule has 2 heterocycles. The number of rotatable bonds is 1. The number of nitriles is 1. The van der Waals surface area contributed by atoms with Crippen molar-refractivity contribution in [2.45, 2.75) is 0 Å². The van der Waals surface area contributed by atoms with Gasteiger partial charge in [-0.2, -0.15) is 5.26 Å². The highest BCUT2D eigenvalue weighted by Gasteiger charge is 2.13. The lowest BCUT2D eigenvalue weighted by Gasteiger charge is -1.98. The molecular weight excluding hydrogens is 210 g/mol. The van der Waals surface area contributed by atoms with Crippen molar-refractivity contribution in [2.75, 3.05) is 0 Å². The first kappa shape index (κ1) is 9.73. The first-order chi connectivity index (χ1) is 8.31. The Morgan fingerprint density at radius 2 is 1.88 bits per heavy atom. The summed E-state index contributed by atoms with van der Waals surface area (Å²) in [6.07, 6.45) is 5.91. The van der Waals surface area contributed by atoms with E-state index >= 15 is 0 Å². The molecule has 2 aromatic heterocycles. The molecule has 0 atom stereocenters. The summed E-state index contributed by atoms with van der Waals surface area (Å²) in [4.78, 5) is 0. The van der Waals surface area contributed by atoms with Gasteiger partial charge in [-0.25, -0.2) is 0 Å². The molecule has 17 heavy (non-hydrogen) atoms. The number of hydrogen-bond donors (Lipinski definition) is 0. The Balaban J connectivity index is 2.35. The van der Waals surface area contributed by atoms with Crippen molar-refractivity contribution in [1.29, 1.82) is 5.26 Å². The van der Waals surface area contributed by atoms with Gasteiger partial charge in [-0.3, -0.25) is 0 Å². The fourth-order valence-electron chi connectivity index (χ4n) is 2.18. The highest BCUT2D eigenvalue weighted by molar-refractivity contribution is 5.79. The molecule has 3 nitrogen and oxygen atoms in total. The summed E-state index contributed by atoms with van der Waals surface area (Å²) in [5.74, 6) is 0. The van der Waals surface area contributed by atoms with E-state index < -0.39 is 0 Å². The Bertz CT molecular complexity index is 711. The smallest absolute Gasteiger partial charge is 0.135 e. The quantitative estimate of drug-likeness (QED) is 0.622. The molecule has 0 saturated heterocycles. The number of aromatic nitrogens is 2. The second kappa shape index (κ2) is 3.53. The largest absolute Gasteiger partial charge is 0.335 e. The predicted molar refractivity (Wildman–Crippen MR) is 66.5 cm³/mol. The molecular formula is C14H11N3. The zero-order valence-corrected chi connectivity index (χ0v) is 9.46. The summed E-state index contributed by atoms with van der Waals surface area (Å²) in [6.45, 7) is 0. The van der Waals surface area contributed by atoms with E-state index in [4.69, 9.17) is 0 Å². The summed E-state index contributed by atoms with van der Waals surface area (Å²) in [6, 6.07) is 12.3. The lowest BCUT2D eigenvalue weighted by molar-refractivity contribution is 0.957. The van der Waals surface area contributed by atoms with Crippen LogP contribution in [0.3, 0.4) is 0 Å². The Hall–Kier alpha value is -2.47. The van der Waals surface area contributed by atoms with Crippen LogP contribution < -0.4 is 0 Å². The summed E-state index contributed by atoms with van der Waals surface area (Å²) in [7, 11) is 1.95. The molecule has 0 amide bonds. The Kier molecular flexibility index (Phi) is 2.02. The third-order valence-electron chi connectivity index (χ3n) is 2.99. The highest BCUT2D eigenvalue weighted by Crippen LogP contribution is 2.28. The second-order valence-corrected chi connectivity index (χ2v) is 4.04. The number of fused-ring (bicyclic) bond motifs is 1. The normalized spacial score (nSPS) is 10.6. The van der Waals surface area contributed by atoms with Crippen molar-refractivity contribution < 1.29 is 0 Å². The summed E-state index contributed by atoms with van der Waals surface area (Å²) < 4.78 is 3.95. The van der Waals surface area contributed by atoms with Crippen LogP contribution in [0.25, 0.3) is 16.8 Å². The monoisotopic (exact) mass is 221 g/mol. The van der Waals surface area contributed by atoms with Crippen molar-refractivity contribution in [2.24, 2.45) is 7.05 Å². The van der Waals surface area contributed by atoms with Crippen LogP contribution >= 0.6 is 0 Å². The summed E-state index contributed by atoms with van der Waals surface area (Å²) in [5, 5.41) is 9.33. The maximum Gasteiger partial charge on any atom is 0.135 e. The van der Waals surface area contributed by atoms with Crippen LogP contribution in [0, 0.1) is 11.3 Å². The second-order valence-electron chi connectivity index (χ2n) is 4.04. The molecule has 0 aliphatic carbocycles. The van der Waals surface area contributed by atoms with Gasteiger partial charge < -0.3 is 8.97 Å². The molecule has 0 spiro atoms. The summed E-state index contributed by atoms with van der Waals surface area (Å²) in [5.41, 5.74) is 3.72. The zero-order valence-electron chi connectivity index (χ0n) is 9.46. The van der Waals surface area contributed by atoms with Crippen LogP contribution in [0.1, 0.15) is 5.56 Å². The van der Waals surface area contributed by atoms with Gasteiger partial charge in [0.05, 0.1) is 0 Å². The van der Waals surface area contributed by atoms with Crippen molar-refractivity contribution in [1.82, 2.24) is 8.97 Å². The minimum atomic E-state index is 0.726. The van der Waals surface area contributed by atoms with Gasteiger partial charge in [0.1, 0.15) is 17.3 Å². The van der Waals surface area contributed by atoms with Gasteiger partial charge in [0, 0.05) is 31.2 Å². The molecule has 3 aromatic rings. The maximum absolute atomic E-state index is 9.33. The van der Waals surface area contributed by atoms with E-state index in [1.807, 2.05) is 64.9 Å². The molecule has 0 saturated carbocycles. The fourth-order valence-corrected chi connectivity index (χ4v) is 2.18. The number of aryl methyl sites for hydroxylation is 1. The third-order valence-corrected chi connectivity index (χ3v) is 2.99. The first-order valence-electron chi connectivity index (χ1n) is 5.43. The lowest BCUT2D eigenvalue weighted by atomic mass is 10.1. The van der Waals surface area contributed by atoms with E-state index in [-0.39, 0.29) is 0 Å². The van der Waals surface area contributed by atoms with Gasteiger partial charge in [-0.15, -0.1) is 0 Å². The Labute approximate surface area is 99.1 Å². The minimum absolute atomic E-state index is 0.726. The van der Waals surface area contributed by atoms with E-state index in [2.05, 4.69) is 6.07 Å². The Morgan fingerprint density at radius 1 is 1.12 bits per heavy atom. The van der Waals surface area contributed by atoms with Gasteiger partial charge in [0.25, 0.3) is 0 Å². The van der Waals surface area contributed by atoms with E-state index in [0.717, 1.165) is 22.3 Å².